The Morgan fingerprint density at radius 2 is 1.81 bits per heavy atom. The highest BCUT2D eigenvalue weighted by Crippen LogP contribution is 2.29. The van der Waals surface area contributed by atoms with E-state index in [-0.39, 0.29) is 23.9 Å². The second kappa shape index (κ2) is 7.47. The predicted octanol–water partition coefficient (Wildman–Crippen LogP) is 2.88. The molecule has 2 atom stereocenters. The van der Waals surface area contributed by atoms with Crippen LogP contribution in [0.25, 0.3) is 0 Å². The largest absolute Gasteiger partial charge is 0.371 e. The molecule has 2 saturated heterocycles. The van der Waals surface area contributed by atoms with Gasteiger partial charge in [-0.2, -0.15) is 5.26 Å². The van der Waals surface area contributed by atoms with Crippen molar-refractivity contribution in [3.63, 3.8) is 0 Å². The minimum Gasteiger partial charge on any atom is -0.371 e. The molecule has 2 aromatic rings. The number of morpholine rings is 1. The molecule has 0 bridgehead atoms. The topological polar surface area (TPSA) is 56.6 Å². The molecule has 2 aromatic carbocycles. The van der Waals surface area contributed by atoms with E-state index in [1.807, 2.05) is 12.1 Å². The molecule has 4 rings (SSSR count). The van der Waals surface area contributed by atoms with Crippen molar-refractivity contribution in [1.29, 1.82) is 5.26 Å². The second-order valence-electron chi connectivity index (χ2n) is 6.86. The molecule has 0 saturated carbocycles. The van der Waals surface area contributed by atoms with Gasteiger partial charge in [0.25, 0.3) is 0 Å². The quantitative estimate of drug-likeness (QED) is 0.839. The van der Waals surface area contributed by atoms with Gasteiger partial charge in [-0.15, -0.1) is 0 Å². The lowest BCUT2D eigenvalue weighted by molar-refractivity contribution is -0.125. The third-order valence-corrected chi connectivity index (χ3v) is 5.27. The van der Waals surface area contributed by atoms with Crippen LogP contribution in [0.1, 0.15) is 23.7 Å². The summed E-state index contributed by atoms with van der Waals surface area (Å²) >= 11 is 0. The van der Waals surface area contributed by atoms with Gasteiger partial charge < -0.3 is 9.64 Å². The molecule has 0 aromatic heterocycles. The first kappa shape index (κ1) is 17.7. The summed E-state index contributed by atoms with van der Waals surface area (Å²) < 4.78 is 19.0. The molecule has 27 heavy (non-hydrogen) atoms. The first-order valence-electron chi connectivity index (χ1n) is 9.08. The Bertz CT molecular complexity index is 860. The number of amides is 1. The normalized spacial score (nSPS) is 23.4. The van der Waals surface area contributed by atoms with Gasteiger partial charge >= 0.3 is 0 Å². The third kappa shape index (κ3) is 3.57. The van der Waals surface area contributed by atoms with Crippen LogP contribution in [0.2, 0.25) is 0 Å². The monoisotopic (exact) mass is 365 g/mol. The zero-order valence-electron chi connectivity index (χ0n) is 14.8. The minimum absolute atomic E-state index is 0.0828. The molecule has 2 fully saturated rings. The van der Waals surface area contributed by atoms with E-state index < -0.39 is 0 Å². The highest BCUT2D eigenvalue weighted by atomic mass is 19.1. The van der Waals surface area contributed by atoms with Crippen LogP contribution in [0.3, 0.4) is 0 Å². The van der Waals surface area contributed by atoms with Gasteiger partial charge in [0.2, 0.25) is 5.91 Å². The summed E-state index contributed by atoms with van der Waals surface area (Å²) in [5, 5.41) is 8.92. The number of carbonyl (C=O) groups excluding carboxylic acids is 1. The standard InChI is InChI=1S/C21H20FN3O2/c22-17-5-3-16(4-6-17)20-14-24(11-12-27-20)19-9-10-25(21(19)26)18-7-1-15(13-23)2-8-18/h1-8,19-20H,9-12,14H2/t19-,20-/m1/s1. The molecule has 0 N–H and O–H groups in total. The fraction of sp³-hybridized carbons (Fsp3) is 0.333. The molecule has 5 nitrogen and oxygen atoms in total. The predicted molar refractivity (Wildman–Crippen MR) is 98.6 cm³/mol. The maximum atomic E-state index is 13.2. The molecule has 2 aliphatic rings. The average Bonchev–Trinajstić information content (AvgIpc) is 3.10. The van der Waals surface area contributed by atoms with E-state index in [9.17, 15) is 9.18 Å². The van der Waals surface area contributed by atoms with Crippen molar-refractivity contribution in [2.45, 2.75) is 18.6 Å². The molecule has 0 radical (unpaired) electrons. The summed E-state index contributed by atoms with van der Waals surface area (Å²) in [6.45, 7) is 2.52. The van der Waals surface area contributed by atoms with Crippen molar-refractivity contribution < 1.29 is 13.9 Å². The molecule has 6 heteroatoms. The van der Waals surface area contributed by atoms with Gasteiger partial charge in [0.15, 0.2) is 0 Å². The Hall–Kier alpha value is -2.75. The van der Waals surface area contributed by atoms with Crippen LogP contribution in [0.15, 0.2) is 48.5 Å². The summed E-state index contributed by atoms with van der Waals surface area (Å²) in [5.41, 5.74) is 2.33. The van der Waals surface area contributed by atoms with Crippen LogP contribution in [0, 0.1) is 17.1 Å². The lowest BCUT2D eigenvalue weighted by atomic mass is 10.1. The van der Waals surface area contributed by atoms with Crippen LogP contribution in [-0.4, -0.2) is 43.1 Å². The van der Waals surface area contributed by atoms with E-state index >= 15 is 0 Å². The fourth-order valence-electron chi connectivity index (χ4n) is 3.81. The van der Waals surface area contributed by atoms with Crippen LogP contribution >= 0.6 is 0 Å². The van der Waals surface area contributed by atoms with Gasteiger partial charge in [-0.3, -0.25) is 9.69 Å². The molecule has 138 valence electrons. The lowest BCUT2D eigenvalue weighted by Gasteiger charge is -2.36. The Labute approximate surface area is 157 Å². The van der Waals surface area contributed by atoms with E-state index in [0.717, 1.165) is 17.7 Å². The summed E-state index contributed by atoms with van der Waals surface area (Å²) in [7, 11) is 0. The second-order valence-corrected chi connectivity index (χ2v) is 6.86. The van der Waals surface area contributed by atoms with Crippen molar-refractivity contribution in [1.82, 2.24) is 4.90 Å². The van der Waals surface area contributed by atoms with E-state index in [1.54, 1.807) is 29.2 Å². The number of benzene rings is 2. The molecule has 0 aliphatic carbocycles. The number of rotatable bonds is 3. The molecule has 2 aliphatic heterocycles. The minimum atomic E-state index is -0.268. The van der Waals surface area contributed by atoms with Crippen LogP contribution in [-0.2, 0) is 9.53 Å². The third-order valence-electron chi connectivity index (χ3n) is 5.27. The smallest absolute Gasteiger partial charge is 0.244 e. The van der Waals surface area contributed by atoms with Gasteiger partial charge in [-0.25, -0.2) is 4.39 Å². The molecular formula is C21H20FN3O2. The Morgan fingerprint density at radius 3 is 2.52 bits per heavy atom. The molecule has 0 spiro atoms. The number of nitrogens with zero attached hydrogens (tertiary/aromatic N) is 3. The number of halogens is 1. The van der Waals surface area contributed by atoms with Crippen molar-refractivity contribution in [3.05, 3.63) is 65.5 Å². The van der Waals surface area contributed by atoms with Gasteiger partial charge in [0.1, 0.15) is 5.82 Å². The lowest BCUT2D eigenvalue weighted by Crippen LogP contribution is -2.48. The van der Waals surface area contributed by atoms with Crippen LogP contribution in [0.4, 0.5) is 10.1 Å². The van der Waals surface area contributed by atoms with Crippen molar-refractivity contribution in [3.8, 4) is 6.07 Å². The van der Waals surface area contributed by atoms with Crippen molar-refractivity contribution in [2.75, 3.05) is 31.1 Å². The number of hydrogen-bond acceptors (Lipinski definition) is 4. The number of hydrogen-bond donors (Lipinski definition) is 0. The highest BCUT2D eigenvalue weighted by Gasteiger charge is 2.38. The van der Waals surface area contributed by atoms with E-state index in [4.69, 9.17) is 10.00 Å². The van der Waals surface area contributed by atoms with Gasteiger partial charge in [0.05, 0.1) is 30.4 Å². The maximum absolute atomic E-state index is 13.2. The molecule has 1 amide bonds. The van der Waals surface area contributed by atoms with Crippen molar-refractivity contribution in [2.24, 2.45) is 0 Å². The summed E-state index contributed by atoms with van der Waals surface area (Å²) in [6, 6.07) is 15.4. The van der Waals surface area contributed by atoms with Gasteiger partial charge in [0, 0.05) is 25.3 Å². The van der Waals surface area contributed by atoms with Crippen LogP contribution in [0.5, 0.6) is 0 Å². The van der Waals surface area contributed by atoms with Gasteiger partial charge in [-0.05, 0) is 48.4 Å². The summed E-state index contributed by atoms with van der Waals surface area (Å²) in [6.07, 6.45) is 0.603. The average molecular weight is 365 g/mol. The van der Waals surface area contributed by atoms with Gasteiger partial charge in [-0.1, -0.05) is 12.1 Å². The van der Waals surface area contributed by atoms with E-state index in [1.165, 1.54) is 12.1 Å². The Balaban J connectivity index is 1.46. The molecular weight excluding hydrogens is 345 g/mol. The van der Waals surface area contributed by atoms with E-state index in [0.29, 0.717) is 31.8 Å². The first-order valence-corrected chi connectivity index (χ1v) is 9.08. The Kier molecular flexibility index (Phi) is 4.88. The summed E-state index contributed by atoms with van der Waals surface area (Å²) in [5.74, 6) is -0.185. The van der Waals surface area contributed by atoms with Crippen LogP contribution < -0.4 is 4.90 Å². The molecule has 2 heterocycles. The number of anilines is 1. The van der Waals surface area contributed by atoms with Crippen molar-refractivity contribution >= 4 is 11.6 Å². The molecule has 0 unspecified atom stereocenters. The maximum Gasteiger partial charge on any atom is 0.244 e. The Morgan fingerprint density at radius 1 is 1.07 bits per heavy atom. The first-order chi connectivity index (χ1) is 13.2. The fourth-order valence-corrected chi connectivity index (χ4v) is 3.81. The highest BCUT2D eigenvalue weighted by molar-refractivity contribution is 5.99. The summed E-state index contributed by atoms with van der Waals surface area (Å²) in [4.78, 5) is 16.9. The number of ether oxygens (including phenoxy) is 1. The zero-order valence-corrected chi connectivity index (χ0v) is 14.8. The number of carbonyl (C=O) groups is 1. The SMILES string of the molecule is N#Cc1ccc(N2CC[C@@H](N3CCO[C@@H](c4ccc(F)cc4)C3)C2=O)cc1. The number of nitriles is 1. The van der Waals surface area contributed by atoms with E-state index in [2.05, 4.69) is 11.0 Å². The zero-order chi connectivity index (χ0) is 18.8.